The van der Waals surface area contributed by atoms with Gasteiger partial charge in [0.05, 0.1) is 5.69 Å². The molecule has 1 aliphatic heterocycles. The Hall–Kier alpha value is -3.22. The van der Waals surface area contributed by atoms with E-state index in [2.05, 4.69) is 15.4 Å². The third-order valence-corrected chi connectivity index (χ3v) is 5.40. The minimum atomic E-state index is -0.426. The van der Waals surface area contributed by atoms with Gasteiger partial charge in [-0.2, -0.15) is 5.10 Å². The standard InChI is InChI=1S/C22H24FN5O/c1-15-13-16(2)28(26-15)21-4-3-19(14-20(21)23)25-22(29)27-11-7-18(8-12-27)17-5-9-24-10-6-17/h3-6,9-10,13-14,18H,7-8,11-12H2,1-2H3,(H,25,29). The molecule has 0 bridgehead atoms. The Morgan fingerprint density at radius 3 is 2.45 bits per heavy atom. The number of hydrogen-bond donors (Lipinski definition) is 1. The molecule has 0 atom stereocenters. The number of nitrogens with zero attached hydrogens (tertiary/aromatic N) is 4. The van der Waals surface area contributed by atoms with Gasteiger partial charge in [0.15, 0.2) is 5.82 Å². The van der Waals surface area contributed by atoms with Crippen molar-refractivity contribution in [2.24, 2.45) is 0 Å². The van der Waals surface area contributed by atoms with E-state index in [1.807, 2.05) is 32.0 Å². The molecular formula is C22H24FN5O. The van der Waals surface area contributed by atoms with Crippen LogP contribution in [0.5, 0.6) is 0 Å². The molecule has 29 heavy (non-hydrogen) atoms. The molecule has 0 saturated carbocycles. The van der Waals surface area contributed by atoms with Gasteiger partial charge in [-0.3, -0.25) is 4.98 Å². The molecule has 4 rings (SSSR count). The lowest BCUT2D eigenvalue weighted by Gasteiger charge is -2.32. The molecule has 1 aliphatic rings. The molecule has 7 heteroatoms. The number of rotatable bonds is 3. The number of hydrogen-bond acceptors (Lipinski definition) is 3. The second kappa shape index (κ2) is 8.03. The first-order valence-corrected chi connectivity index (χ1v) is 9.80. The average Bonchev–Trinajstić information content (AvgIpc) is 3.06. The van der Waals surface area contributed by atoms with E-state index in [4.69, 9.17) is 0 Å². The fourth-order valence-corrected chi connectivity index (χ4v) is 3.88. The second-order valence-electron chi connectivity index (χ2n) is 7.48. The number of aryl methyl sites for hydroxylation is 2. The Labute approximate surface area is 169 Å². The maximum absolute atomic E-state index is 14.6. The number of likely N-dealkylation sites (tertiary alicyclic amines) is 1. The van der Waals surface area contributed by atoms with Gasteiger partial charge in [-0.1, -0.05) is 0 Å². The topological polar surface area (TPSA) is 63.1 Å². The minimum absolute atomic E-state index is 0.198. The van der Waals surface area contributed by atoms with Crippen LogP contribution in [0.15, 0.2) is 48.8 Å². The maximum Gasteiger partial charge on any atom is 0.321 e. The highest BCUT2D eigenvalue weighted by molar-refractivity contribution is 5.89. The van der Waals surface area contributed by atoms with Gasteiger partial charge in [-0.25, -0.2) is 13.9 Å². The quantitative estimate of drug-likeness (QED) is 0.716. The van der Waals surface area contributed by atoms with Crippen LogP contribution in [-0.2, 0) is 0 Å². The summed E-state index contributed by atoms with van der Waals surface area (Å²) in [6, 6.07) is 10.5. The van der Waals surface area contributed by atoms with Crippen molar-refractivity contribution in [1.29, 1.82) is 0 Å². The van der Waals surface area contributed by atoms with Crippen LogP contribution in [0.4, 0.5) is 14.9 Å². The number of piperidine rings is 1. The van der Waals surface area contributed by atoms with Gasteiger partial charge in [-0.05, 0) is 74.6 Å². The summed E-state index contributed by atoms with van der Waals surface area (Å²) in [4.78, 5) is 18.4. The third kappa shape index (κ3) is 4.13. The number of urea groups is 1. The highest BCUT2D eigenvalue weighted by atomic mass is 19.1. The molecule has 3 aromatic rings. The Bertz CT molecular complexity index is 1010. The summed E-state index contributed by atoms with van der Waals surface area (Å²) < 4.78 is 16.2. The first-order valence-electron chi connectivity index (χ1n) is 9.80. The molecule has 150 valence electrons. The van der Waals surface area contributed by atoms with Crippen LogP contribution < -0.4 is 5.32 Å². The van der Waals surface area contributed by atoms with Crippen molar-refractivity contribution in [3.05, 3.63) is 71.6 Å². The lowest BCUT2D eigenvalue weighted by Crippen LogP contribution is -2.40. The molecule has 0 spiro atoms. The zero-order chi connectivity index (χ0) is 20.4. The number of halogens is 1. The molecule has 6 nitrogen and oxygen atoms in total. The third-order valence-electron chi connectivity index (χ3n) is 5.40. The van der Waals surface area contributed by atoms with Crippen molar-refractivity contribution in [1.82, 2.24) is 19.7 Å². The van der Waals surface area contributed by atoms with Crippen molar-refractivity contribution in [3.8, 4) is 5.69 Å². The van der Waals surface area contributed by atoms with Crippen LogP contribution >= 0.6 is 0 Å². The van der Waals surface area contributed by atoms with E-state index < -0.39 is 5.82 Å². The van der Waals surface area contributed by atoms with Crippen molar-refractivity contribution < 1.29 is 9.18 Å². The van der Waals surface area contributed by atoms with Gasteiger partial charge in [0.25, 0.3) is 0 Å². The summed E-state index contributed by atoms with van der Waals surface area (Å²) in [6.07, 6.45) is 5.42. The molecule has 0 radical (unpaired) electrons. The first-order chi connectivity index (χ1) is 14.0. The van der Waals surface area contributed by atoms with E-state index in [9.17, 15) is 9.18 Å². The summed E-state index contributed by atoms with van der Waals surface area (Å²) in [6.45, 7) is 5.09. The number of carbonyl (C=O) groups excluding carboxylic acids is 1. The van der Waals surface area contributed by atoms with Gasteiger partial charge in [0, 0.05) is 36.9 Å². The van der Waals surface area contributed by atoms with Crippen molar-refractivity contribution >= 4 is 11.7 Å². The largest absolute Gasteiger partial charge is 0.324 e. The summed E-state index contributed by atoms with van der Waals surface area (Å²) in [5, 5.41) is 7.13. The van der Waals surface area contributed by atoms with Crippen LogP contribution in [0.2, 0.25) is 0 Å². The molecular weight excluding hydrogens is 369 g/mol. The highest BCUT2D eigenvalue weighted by Crippen LogP contribution is 2.28. The highest BCUT2D eigenvalue weighted by Gasteiger charge is 2.24. The average molecular weight is 393 g/mol. The van der Waals surface area contributed by atoms with E-state index in [-0.39, 0.29) is 6.03 Å². The van der Waals surface area contributed by atoms with Gasteiger partial charge in [-0.15, -0.1) is 0 Å². The van der Waals surface area contributed by atoms with Gasteiger partial charge in [0.2, 0.25) is 0 Å². The van der Waals surface area contributed by atoms with Crippen LogP contribution in [-0.4, -0.2) is 38.8 Å². The second-order valence-corrected chi connectivity index (χ2v) is 7.48. The number of benzene rings is 1. The smallest absolute Gasteiger partial charge is 0.321 e. The Morgan fingerprint density at radius 1 is 1.10 bits per heavy atom. The van der Waals surface area contributed by atoms with Gasteiger partial charge < -0.3 is 10.2 Å². The molecule has 0 aliphatic carbocycles. The number of amides is 2. The number of anilines is 1. The Balaban J connectivity index is 1.39. The van der Waals surface area contributed by atoms with Crippen LogP contribution in [0.25, 0.3) is 5.69 Å². The van der Waals surface area contributed by atoms with E-state index in [1.54, 1.807) is 34.1 Å². The lowest BCUT2D eigenvalue weighted by molar-refractivity contribution is 0.194. The molecule has 1 N–H and O–H groups in total. The van der Waals surface area contributed by atoms with E-state index in [0.717, 1.165) is 24.2 Å². The zero-order valence-corrected chi connectivity index (χ0v) is 16.6. The lowest BCUT2D eigenvalue weighted by atomic mass is 9.90. The molecule has 1 saturated heterocycles. The molecule has 1 aromatic carbocycles. The summed E-state index contributed by atoms with van der Waals surface area (Å²) >= 11 is 0. The number of pyridine rings is 1. The normalized spacial score (nSPS) is 14.8. The van der Waals surface area contributed by atoms with Crippen LogP contribution in [0.3, 0.4) is 0 Å². The van der Waals surface area contributed by atoms with Crippen molar-refractivity contribution in [3.63, 3.8) is 0 Å². The van der Waals surface area contributed by atoms with Crippen molar-refractivity contribution in [2.75, 3.05) is 18.4 Å². The fourth-order valence-electron chi connectivity index (χ4n) is 3.88. The van der Waals surface area contributed by atoms with E-state index in [0.29, 0.717) is 30.4 Å². The summed E-state index contributed by atoms with van der Waals surface area (Å²) in [5.74, 6) is 0.0185. The Morgan fingerprint density at radius 2 is 1.83 bits per heavy atom. The number of aromatic nitrogens is 3. The minimum Gasteiger partial charge on any atom is -0.324 e. The zero-order valence-electron chi connectivity index (χ0n) is 16.6. The molecule has 3 heterocycles. The summed E-state index contributed by atoms with van der Waals surface area (Å²) in [7, 11) is 0. The maximum atomic E-state index is 14.6. The fraction of sp³-hybridized carbons (Fsp3) is 0.318. The monoisotopic (exact) mass is 393 g/mol. The molecule has 2 aromatic heterocycles. The first kappa shape index (κ1) is 19.1. The number of carbonyl (C=O) groups is 1. The van der Waals surface area contributed by atoms with E-state index in [1.165, 1.54) is 11.6 Å². The molecule has 1 fully saturated rings. The predicted molar refractivity (Wildman–Crippen MR) is 110 cm³/mol. The van der Waals surface area contributed by atoms with E-state index >= 15 is 0 Å². The van der Waals surface area contributed by atoms with Crippen LogP contribution in [0.1, 0.15) is 35.7 Å². The van der Waals surface area contributed by atoms with Crippen molar-refractivity contribution in [2.45, 2.75) is 32.6 Å². The van der Waals surface area contributed by atoms with Gasteiger partial charge in [0.1, 0.15) is 5.69 Å². The summed E-state index contributed by atoms with van der Waals surface area (Å²) in [5.41, 5.74) is 3.76. The Kier molecular flexibility index (Phi) is 5.29. The molecule has 0 unspecified atom stereocenters. The van der Waals surface area contributed by atoms with Crippen LogP contribution in [0, 0.1) is 19.7 Å². The predicted octanol–water partition coefficient (Wildman–Crippen LogP) is 4.43. The SMILES string of the molecule is Cc1cc(C)n(-c2ccc(NC(=O)N3CCC(c4ccncc4)CC3)cc2F)n1. The molecule has 2 amide bonds. The van der Waals surface area contributed by atoms with Gasteiger partial charge >= 0.3 is 6.03 Å². The number of nitrogens with one attached hydrogen (secondary N) is 1.